The molecule has 2 N–H and O–H groups in total. The van der Waals surface area contributed by atoms with Crippen molar-refractivity contribution >= 4 is 11.8 Å². The number of carbonyl (C=O) groups excluding carboxylic acids is 2. The lowest BCUT2D eigenvalue weighted by Crippen LogP contribution is -2.51. The first-order valence-electron chi connectivity index (χ1n) is 6.88. The molecule has 1 aliphatic rings. The number of rotatable bonds is 4. The molecule has 1 atom stereocenters. The Balaban J connectivity index is 1.58. The average Bonchev–Trinajstić information content (AvgIpc) is 3.00. The Kier molecular flexibility index (Phi) is 3.68. The van der Waals surface area contributed by atoms with Gasteiger partial charge in [0.15, 0.2) is 0 Å². The van der Waals surface area contributed by atoms with E-state index in [9.17, 15) is 9.59 Å². The van der Waals surface area contributed by atoms with E-state index in [1.165, 1.54) is 0 Å². The van der Waals surface area contributed by atoms with Crippen LogP contribution in [0.25, 0.3) is 0 Å². The van der Waals surface area contributed by atoms with E-state index in [4.69, 9.17) is 0 Å². The van der Waals surface area contributed by atoms with Gasteiger partial charge in [0.05, 0.1) is 6.54 Å². The summed E-state index contributed by atoms with van der Waals surface area (Å²) in [7, 11) is 0. The third-order valence-corrected chi connectivity index (χ3v) is 3.51. The van der Waals surface area contributed by atoms with Gasteiger partial charge in [0.2, 0.25) is 5.91 Å². The summed E-state index contributed by atoms with van der Waals surface area (Å²) in [5, 5.41) is 9.63. The summed E-state index contributed by atoms with van der Waals surface area (Å²) in [5.41, 5.74) is 1.56. The zero-order valence-corrected chi connectivity index (χ0v) is 11.5. The quantitative estimate of drug-likeness (QED) is 0.851. The molecule has 0 spiro atoms. The van der Waals surface area contributed by atoms with Gasteiger partial charge in [0.1, 0.15) is 6.04 Å². The second-order valence-electron chi connectivity index (χ2n) is 4.95. The Morgan fingerprint density at radius 2 is 2.24 bits per heavy atom. The Labute approximate surface area is 122 Å². The number of nitrogens with zero attached hydrogens (tertiary/aromatic N) is 2. The van der Waals surface area contributed by atoms with Crippen molar-refractivity contribution in [2.24, 2.45) is 0 Å². The first kappa shape index (κ1) is 13.4. The van der Waals surface area contributed by atoms with Gasteiger partial charge in [-0.3, -0.25) is 14.3 Å². The molecule has 0 fully saturated rings. The van der Waals surface area contributed by atoms with Crippen LogP contribution >= 0.6 is 0 Å². The fourth-order valence-corrected chi connectivity index (χ4v) is 2.43. The van der Waals surface area contributed by atoms with Gasteiger partial charge in [-0.2, -0.15) is 5.10 Å². The minimum absolute atomic E-state index is 0.162. The van der Waals surface area contributed by atoms with Crippen LogP contribution in [0.15, 0.2) is 42.7 Å². The average molecular weight is 284 g/mol. The number of hydrogen-bond acceptors (Lipinski definition) is 3. The fourth-order valence-electron chi connectivity index (χ4n) is 2.43. The summed E-state index contributed by atoms with van der Waals surface area (Å²) in [6.07, 6.45) is 4.06. The highest BCUT2D eigenvalue weighted by molar-refractivity contribution is 6.00. The topological polar surface area (TPSA) is 76.0 Å². The molecule has 0 radical (unpaired) electrons. The Morgan fingerprint density at radius 3 is 3.05 bits per heavy atom. The summed E-state index contributed by atoms with van der Waals surface area (Å²) in [5.74, 6) is -0.353. The number of aromatic nitrogens is 2. The van der Waals surface area contributed by atoms with Crippen molar-refractivity contribution in [3.63, 3.8) is 0 Å². The third-order valence-electron chi connectivity index (χ3n) is 3.51. The van der Waals surface area contributed by atoms with E-state index in [0.29, 0.717) is 25.1 Å². The lowest BCUT2D eigenvalue weighted by molar-refractivity contribution is -0.123. The number of nitrogens with one attached hydrogen (secondary N) is 2. The zero-order chi connectivity index (χ0) is 14.7. The zero-order valence-electron chi connectivity index (χ0n) is 11.5. The standard InChI is InChI=1S/C15H16N4O2/c20-14-12-5-2-1-4-11(12)10-13(18-14)15(21)16-7-9-19-8-3-6-17-19/h1-6,8,13H,7,9-10H2,(H,16,21)(H,18,20)/t13-/m1/s1. The first-order chi connectivity index (χ1) is 10.2. The third kappa shape index (κ3) is 2.94. The summed E-state index contributed by atoms with van der Waals surface area (Å²) in [6, 6.07) is 8.69. The van der Waals surface area contributed by atoms with Gasteiger partial charge in [0, 0.05) is 30.9 Å². The highest BCUT2D eigenvalue weighted by Gasteiger charge is 2.28. The maximum Gasteiger partial charge on any atom is 0.252 e. The summed E-state index contributed by atoms with van der Waals surface area (Å²) in [4.78, 5) is 24.1. The SMILES string of the molecule is O=C1N[C@@H](C(=O)NCCn2cccn2)Cc2ccccc21. The normalized spacial score (nSPS) is 17.0. The van der Waals surface area contributed by atoms with Gasteiger partial charge in [-0.25, -0.2) is 0 Å². The predicted molar refractivity (Wildman–Crippen MR) is 76.6 cm³/mol. The van der Waals surface area contributed by atoms with Gasteiger partial charge in [-0.1, -0.05) is 18.2 Å². The molecule has 0 bridgehead atoms. The van der Waals surface area contributed by atoms with Crippen LogP contribution in [0, 0.1) is 0 Å². The van der Waals surface area contributed by atoms with Crippen LogP contribution in [-0.2, 0) is 17.8 Å². The van der Waals surface area contributed by atoms with Crippen LogP contribution in [0.5, 0.6) is 0 Å². The Morgan fingerprint density at radius 1 is 1.38 bits per heavy atom. The molecule has 21 heavy (non-hydrogen) atoms. The summed E-state index contributed by atoms with van der Waals surface area (Å²) < 4.78 is 1.75. The monoisotopic (exact) mass is 284 g/mol. The van der Waals surface area contributed by atoms with Crippen LogP contribution < -0.4 is 10.6 Å². The first-order valence-corrected chi connectivity index (χ1v) is 6.88. The molecule has 0 saturated heterocycles. The molecule has 2 heterocycles. The van der Waals surface area contributed by atoms with E-state index in [1.54, 1.807) is 16.9 Å². The molecule has 6 heteroatoms. The molecule has 6 nitrogen and oxygen atoms in total. The molecule has 108 valence electrons. The number of benzene rings is 1. The molecule has 1 aromatic carbocycles. The van der Waals surface area contributed by atoms with Crippen molar-refractivity contribution in [1.29, 1.82) is 0 Å². The van der Waals surface area contributed by atoms with Crippen molar-refractivity contribution in [2.75, 3.05) is 6.54 Å². The molecule has 0 unspecified atom stereocenters. The van der Waals surface area contributed by atoms with Crippen LogP contribution in [0.2, 0.25) is 0 Å². The number of fused-ring (bicyclic) bond motifs is 1. The van der Waals surface area contributed by atoms with Gasteiger partial charge in [0.25, 0.3) is 5.91 Å². The fraction of sp³-hybridized carbons (Fsp3) is 0.267. The van der Waals surface area contributed by atoms with Crippen LogP contribution in [0.3, 0.4) is 0 Å². The minimum Gasteiger partial charge on any atom is -0.352 e. The minimum atomic E-state index is -0.509. The second-order valence-corrected chi connectivity index (χ2v) is 4.95. The molecular formula is C15H16N4O2. The summed E-state index contributed by atoms with van der Waals surface area (Å²) >= 11 is 0. The number of hydrogen-bond donors (Lipinski definition) is 2. The van der Waals surface area contributed by atoms with Gasteiger partial charge >= 0.3 is 0 Å². The summed E-state index contributed by atoms with van der Waals surface area (Å²) in [6.45, 7) is 1.09. The Hall–Kier alpha value is -2.63. The molecule has 2 aromatic rings. The van der Waals surface area contributed by atoms with E-state index in [0.717, 1.165) is 5.56 Å². The molecule has 0 aliphatic carbocycles. The van der Waals surface area contributed by atoms with E-state index in [1.807, 2.05) is 30.5 Å². The molecule has 2 amide bonds. The number of amides is 2. The van der Waals surface area contributed by atoms with E-state index in [2.05, 4.69) is 15.7 Å². The van der Waals surface area contributed by atoms with Crippen molar-refractivity contribution in [2.45, 2.75) is 19.0 Å². The van der Waals surface area contributed by atoms with Gasteiger partial charge in [-0.05, 0) is 17.7 Å². The molecule has 0 saturated carbocycles. The highest BCUT2D eigenvalue weighted by atomic mass is 16.2. The van der Waals surface area contributed by atoms with Crippen molar-refractivity contribution in [3.8, 4) is 0 Å². The Bertz CT molecular complexity index is 651. The van der Waals surface area contributed by atoms with Crippen molar-refractivity contribution in [3.05, 3.63) is 53.9 Å². The van der Waals surface area contributed by atoms with E-state index < -0.39 is 6.04 Å². The van der Waals surface area contributed by atoms with Gasteiger partial charge < -0.3 is 10.6 Å². The van der Waals surface area contributed by atoms with Crippen molar-refractivity contribution in [1.82, 2.24) is 20.4 Å². The molecular weight excluding hydrogens is 268 g/mol. The van der Waals surface area contributed by atoms with E-state index in [-0.39, 0.29) is 11.8 Å². The molecule has 1 aliphatic heterocycles. The lowest BCUT2D eigenvalue weighted by Gasteiger charge is -2.24. The van der Waals surface area contributed by atoms with E-state index >= 15 is 0 Å². The molecule has 3 rings (SSSR count). The van der Waals surface area contributed by atoms with Crippen LogP contribution in [0.4, 0.5) is 0 Å². The van der Waals surface area contributed by atoms with Crippen LogP contribution in [0.1, 0.15) is 15.9 Å². The van der Waals surface area contributed by atoms with Gasteiger partial charge in [-0.15, -0.1) is 0 Å². The predicted octanol–water partition coefficient (Wildman–Crippen LogP) is 0.354. The maximum absolute atomic E-state index is 12.1. The smallest absolute Gasteiger partial charge is 0.252 e. The largest absolute Gasteiger partial charge is 0.352 e. The second kappa shape index (κ2) is 5.78. The highest BCUT2D eigenvalue weighted by Crippen LogP contribution is 2.16. The van der Waals surface area contributed by atoms with Crippen LogP contribution in [-0.4, -0.2) is 34.2 Å². The maximum atomic E-state index is 12.1. The molecule has 1 aromatic heterocycles. The lowest BCUT2D eigenvalue weighted by atomic mass is 9.95. The van der Waals surface area contributed by atoms with Crippen molar-refractivity contribution < 1.29 is 9.59 Å². The number of carbonyl (C=O) groups is 2.